The Kier molecular flexibility index (Phi) is 6.73. The van der Waals surface area contributed by atoms with Crippen LogP contribution >= 0.6 is 46.2 Å². The van der Waals surface area contributed by atoms with Gasteiger partial charge in [-0.05, 0) is 17.0 Å². The smallest absolute Gasteiger partial charge is 0.353 e. The van der Waals surface area contributed by atoms with Crippen molar-refractivity contribution in [3.05, 3.63) is 73.7 Å². The van der Waals surface area contributed by atoms with E-state index in [4.69, 9.17) is 0 Å². The lowest BCUT2D eigenvalue weighted by molar-refractivity contribution is -0.150. The first-order chi connectivity index (χ1) is 16.9. The topological polar surface area (TPSA) is 124 Å². The standard InChI is InChI=1S/C23H18N2O6S4/c26-9-12-18(28)19-13(6-7-32-19)34-23(12)35-14-10-33-21-16(20(29)25(21)17(14)22(30)31)24-15(27)8-11-4-2-1-3-5-11/h1-7,16,21,26H,8-10H2,(H,24,27)(H,30,31)/t16?,21-/m0/s1. The number of aliphatic hydroxyl groups is 1. The summed E-state index contributed by atoms with van der Waals surface area (Å²) in [5, 5.41) is 23.8. The predicted octanol–water partition coefficient (Wildman–Crippen LogP) is 2.85. The molecule has 5 rings (SSSR count). The zero-order valence-electron chi connectivity index (χ0n) is 17.9. The molecular formula is C23H18N2O6S4. The van der Waals surface area contributed by atoms with Crippen LogP contribution in [0.25, 0.3) is 9.40 Å². The second-order valence-corrected chi connectivity index (χ2v) is 12.2. The number of β-lactam (4-membered cyclic amide) rings is 1. The van der Waals surface area contributed by atoms with Gasteiger partial charge < -0.3 is 15.5 Å². The van der Waals surface area contributed by atoms with Crippen molar-refractivity contribution in [2.45, 2.75) is 28.7 Å². The average molecular weight is 547 g/mol. The number of carboxylic acids is 1. The fraction of sp³-hybridized carbons (Fsp3) is 0.217. The van der Waals surface area contributed by atoms with E-state index in [9.17, 15) is 29.4 Å². The summed E-state index contributed by atoms with van der Waals surface area (Å²) in [6.07, 6.45) is 0.124. The summed E-state index contributed by atoms with van der Waals surface area (Å²) in [5.74, 6) is -1.76. The van der Waals surface area contributed by atoms with Gasteiger partial charge in [-0.25, -0.2) is 4.79 Å². The highest BCUT2D eigenvalue weighted by Crippen LogP contribution is 2.47. The Balaban J connectivity index is 1.39. The lowest BCUT2D eigenvalue weighted by Crippen LogP contribution is -2.70. The molecule has 0 saturated carbocycles. The molecule has 0 aliphatic carbocycles. The van der Waals surface area contributed by atoms with Crippen molar-refractivity contribution >= 4 is 73.4 Å². The Morgan fingerprint density at radius 1 is 1.17 bits per heavy atom. The molecule has 2 aliphatic heterocycles. The van der Waals surface area contributed by atoms with Gasteiger partial charge in [-0.1, -0.05) is 42.1 Å². The molecule has 1 fully saturated rings. The number of aliphatic carboxylic acids is 1. The number of carbonyl (C=O) groups is 3. The second kappa shape index (κ2) is 9.78. The lowest BCUT2D eigenvalue weighted by Gasteiger charge is -2.49. The van der Waals surface area contributed by atoms with Crippen LogP contribution in [0.1, 0.15) is 11.1 Å². The number of amides is 2. The van der Waals surface area contributed by atoms with E-state index in [1.54, 1.807) is 5.38 Å². The Morgan fingerprint density at radius 2 is 1.94 bits per heavy atom. The average Bonchev–Trinajstić information content (AvgIpc) is 3.32. The predicted molar refractivity (Wildman–Crippen MR) is 138 cm³/mol. The fourth-order valence-electron chi connectivity index (χ4n) is 3.94. The molecule has 12 heteroatoms. The van der Waals surface area contributed by atoms with Gasteiger partial charge in [-0.2, -0.15) is 0 Å². The molecule has 0 spiro atoms. The monoisotopic (exact) mass is 546 g/mol. The quantitative estimate of drug-likeness (QED) is 0.387. The third kappa shape index (κ3) is 4.40. The van der Waals surface area contributed by atoms with Crippen LogP contribution in [0.15, 0.2) is 61.4 Å². The normalized spacial score (nSPS) is 19.5. The number of carboxylic acid groups (broad SMARTS) is 1. The molecule has 0 bridgehead atoms. The number of benzene rings is 1. The zero-order valence-corrected chi connectivity index (χ0v) is 21.2. The van der Waals surface area contributed by atoms with E-state index in [2.05, 4.69) is 5.32 Å². The third-order valence-corrected chi connectivity index (χ3v) is 10.6. The number of carbonyl (C=O) groups excluding carboxylic acids is 2. The van der Waals surface area contributed by atoms with E-state index < -0.39 is 29.9 Å². The van der Waals surface area contributed by atoms with E-state index in [1.807, 2.05) is 36.4 Å². The molecule has 4 heterocycles. The fourth-order valence-corrected chi connectivity index (χ4v) is 9.01. The van der Waals surface area contributed by atoms with Crippen molar-refractivity contribution in [2.24, 2.45) is 0 Å². The van der Waals surface area contributed by atoms with Gasteiger partial charge >= 0.3 is 5.97 Å². The molecule has 1 unspecified atom stereocenters. The minimum Gasteiger partial charge on any atom is -0.477 e. The molecule has 2 atom stereocenters. The minimum atomic E-state index is -1.25. The number of hydrogen-bond acceptors (Lipinski definition) is 9. The second-order valence-electron chi connectivity index (χ2n) is 7.77. The van der Waals surface area contributed by atoms with Crippen LogP contribution in [0.4, 0.5) is 0 Å². The number of thiophene rings is 1. The van der Waals surface area contributed by atoms with Crippen LogP contribution in [0.5, 0.6) is 0 Å². The molecular weight excluding hydrogens is 529 g/mol. The first-order valence-electron chi connectivity index (χ1n) is 10.5. The minimum absolute atomic E-state index is 0.124. The SMILES string of the molecule is O=C(Cc1ccccc1)NC1C(=O)N2C(C(=O)O)=C(Sc3sc4ccsc4c(=O)c3CO)CS[C@@H]12. The number of fused-ring (bicyclic) bond motifs is 2. The maximum absolute atomic E-state index is 12.9. The summed E-state index contributed by atoms with van der Waals surface area (Å²) in [6, 6.07) is 10.2. The van der Waals surface area contributed by atoms with E-state index in [1.165, 1.54) is 39.3 Å². The summed E-state index contributed by atoms with van der Waals surface area (Å²) in [4.78, 5) is 52.0. The molecule has 1 saturated heterocycles. The van der Waals surface area contributed by atoms with Gasteiger partial charge in [0.25, 0.3) is 5.91 Å². The molecule has 2 aromatic heterocycles. The Labute approximate surface area is 215 Å². The Bertz CT molecular complexity index is 1430. The van der Waals surface area contributed by atoms with Gasteiger partial charge in [0.15, 0.2) is 0 Å². The van der Waals surface area contributed by atoms with Gasteiger partial charge in [-0.15, -0.1) is 34.4 Å². The number of nitrogens with one attached hydrogen (secondary N) is 1. The van der Waals surface area contributed by atoms with Crippen LogP contribution in [-0.2, 0) is 27.4 Å². The number of thioether (sulfide) groups is 2. The maximum Gasteiger partial charge on any atom is 0.353 e. The molecule has 3 N–H and O–H groups in total. The van der Waals surface area contributed by atoms with Gasteiger partial charge in [-0.3, -0.25) is 19.3 Å². The van der Waals surface area contributed by atoms with Crippen molar-refractivity contribution in [1.82, 2.24) is 10.2 Å². The van der Waals surface area contributed by atoms with Crippen LogP contribution < -0.4 is 10.7 Å². The van der Waals surface area contributed by atoms with E-state index >= 15 is 0 Å². The van der Waals surface area contributed by atoms with Crippen molar-refractivity contribution in [3.8, 4) is 0 Å². The number of nitrogens with zero attached hydrogens (tertiary/aromatic N) is 1. The van der Waals surface area contributed by atoms with Crippen LogP contribution in [0.3, 0.4) is 0 Å². The van der Waals surface area contributed by atoms with Crippen LogP contribution in [0.2, 0.25) is 0 Å². The van der Waals surface area contributed by atoms with Crippen molar-refractivity contribution in [2.75, 3.05) is 5.75 Å². The summed E-state index contributed by atoms with van der Waals surface area (Å²) in [7, 11) is 0. The molecule has 2 aliphatic rings. The molecule has 180 valence electrons. The van der Waals surface area contributed by atoms with Crippen LogP contribution in [0, 0.1) is 0 Å². The largest absolute Gasteiger partial charge is 0.477 e. The number of hydrogen-bond donors (Lipinski definition) is 3. The summed E-state index contributed by atoms with van der Waals surface area (Å²) in [6.45, 7) is -0.463. The highest BCUT2D eigenvalue weighted by molar-refractivity contribution is 8.07. The maximum atomic E-state index is 12.9. The first kappa shape index (κ1) is 24.1. The van der Waals surface area contributed by atoms with Crippen LogP contribution in [-0.4, -0.2) is 50.1 Å². The Hall–Kier alpha value is -2.64. The summed E-state index contributed by atoms with van der Waals surface area (Å²) < 4.78 is 1.83. The Morgan fingerprint density at radius 3 is 2.66 bits per heavy atom. The number of aliphatic hydroxyl groups excluding tert-OH is 1. The molecule has 0 radical (unpaired) electrons. The number of rotatable bonds is 7. The molecule has 3 aromatic rings. The molecule has 35 heavy (non-hydrogen) atoms. The highest BCUT2D eigenvalue weighted by Gasteiger charge is 2.54. The van der Waals surface area contributed by atoms with E-state index in [0.717, 1.165) is 22.0 Å². The van der Waals surface area contributed by atoms with Gasteiger partial charge in [0, 0.05) is 10.7 Å². The lowest BCUT2D eigenvalue weighted by atomic mass is 10.0. The van der Waals surface area contributed by atoms with E-state index in [0.29, 0.717) is 19.6 Å². The first-order valence-corrected chi connectivity index (χ1v) is 14.0. The summed E-state index contributed by atoms with van der Waals surface area (Å²) in [5.41, 5.74) is 0.626. The third-order valence-electron chi connectivity index (χ3n) is 5.59. The van der Waals surface area contributed by atoms with Crippen molar-refractivity contribution < 1.29 is 24.6 Å². The molecule has 2 amide bonds. The van der Waals surface area contributed by atoms with Crippen molar-refractivity contribution in [1.29, 1.82) is 0 Å². The van der Waals surface area contributed by atoms with Crippen molar-refractivity contribution in [3.63, 3.8) is 0 Å². The zero-order chi connectivity index (χ0) is 24.7. The summed E-state index contributed by atoms with van der Waals surface area (Å²) >= 11 is 5.07. The van der Waals surface area contributed by atoms with Gasteiger partial charge in [0.2, 0.25) is 11.3 Å². The molecule has 1 aromatic carbocycles. The molecule has 8 nitrogen and oxygen atoms in total. The van der Waals surface area contributed by atoms with E-state index in [-0.39, 0.29) is 29.0 Å². The van der Waals surface area contributed by atoms with Gasteiger partial charge in [0.05, 0.1) is 32.2 Å². The van der Waals surface area contributed by atoms with Gasteiger partial charge in [0.1, 0.15) is 17.1 Å². The highest BCUT2D eigenvalue weighted by atomic mass is 32.2.